The first-order valence-corrected chi connectivity index (χ1v) is 9.21. The van der Waals surface area contributed by atoms with Crippen LogP contribution in [0.25, 0.3) is 0 Å². The highest BCUT2D eigenvalue weighted by atomic mass is 35.5. The Morgan fingerprint density at radius 1 is 1.16 bits per heavy atom. The lowest BCUT2D eigenvalue weighted by molar-refractivity contribution is 0.214. The number of carbonyl (C=O) groups excluding carboxylic acids is 1. The third-order valence-electron chi connectivity index (χ3n) is 3.91. The van der Waals surface area contributed by atoms with Crippen LogP contribution < -0.4 is 14.8 Å². The minimum Gasteiger partial charge on any atom is -0.497 e. The summed E-state index contributed by atoms with van der Waals surface area (Å²) in [6.07, 6.45) is 0. The monoisotopic (exact) mass is 378 g/mol. The average Bonchev–Trinajstić information content (AvgIpc) is 3.13. The molecule has 0 aliphatic carbocycles. The van der Waals surface area contributed by atoms with Crippen molar-refractivity contribution in [3.8, 4) is 11.5 Å². The van der Waals surface area contributed by atoms with Crippen LogP contribution in [0.4, 0.5) is 10.5 Å². The van der Waals surface area contributed by atoms with Gasteiger partial charge in [0.1, 0.15) is 16.9 Å². The zero-order valence-corrected chi connectivity index (χ0v) is 15.6. The van der Waals surface area contributed by atoms with E-state index in [4.69, 9.17) is 21.1 Å². The molecule has 3 rings (SSSR count). The van der Waals surface area contributed by atoms with E-state index in [-0.39, 0.29) is 11.4 Å². The van der Waals surface area contributed by atoms with Crippen LogP contribution in [0.5, 0.6) is 11.5 Å². The van der Waals surface area contributed by atoms with Crippen molar-refractivity contribution in [2.45, 2.75) is 5.37 Å². The van der Waals surface area contributed by atoms with Gasteiger partial charge < -0.3 is 19.7 Å². The summed E-state index contributed by atoms with van der Waals surface area (Å²) in [6.45, 7) is 0.675. The Morgan fingerprint density at radius 3 is 2.40 bits per heavy atom. The minimum atomic E-state index is -0.140. The van der Waals surface area contributed by atoms with E-state index in [9.17, 15) is 4.79 Å². The van der Waals surface area contributed by atoms with E-state index in [1.165, 1.54) is 0 Å². The number of carbonyl (C=O) groups is 1. The Kier molecular flexibility index (Phi) is 5.60. The molecule has 132 valence electrons. The van der Waals surface area contributed by atoms with Gasteiger partial charge in [-0.1, -0.05) is 11.6 Å². The molecule has 2 aromatic carbocycles. The number of anilines is 1. The molecular formula is C18H19ClN2O3S. The van der Waals surface area contributed by atoms with Crippen molar-refractivity contribution >= 4 is 35.1 Å². The lowest BCUT2D eigenvalue weighted by atomic mass is 10.2. The van der Waals surface area contributed by atoms with E-state index in [0.29, 0.717) is 28.8 Å². The minimum absolute atomic E-state index is 0.0868. The Labute approximate surface area is 156 Å². The highest BCUT2D eigenvalue weighted by Crippen LogP contribution is 2.40. The van der Waals surface area contributed by atoms with Crippen molar-refractivity contribution in [1.29, 1.82) is 0 Å². The molecule has 0 radical (unpaired) electrons. The molecule has 25 heavy (non-hydrogen) atoms. The van der Waals surface area contributed by atoms with E-state index in [1.807, 2.05) is 23.1 Å². The number of hydrogen-bond acceptors (Lipinski definition) is 4. The number of nitrogens with zero attached hydrogens (tertiary/aromatic N) is 1. The van der Waals surface area contributed by atoms with Crippen LogP contribution in [0, 0.1) is 0 Å². The summed E-state index contributed by atoms with van der Waals surface area (Å²) in [5.74, 6) is 2.29. The number of methoxy groups -OCH3 is 2. The summed E-state index contributed by atoms with van der Waals surface area (Å²) in [7, 11) is 3.23. The van der Waals surface area contributed by atoms with Gasteiger partial charge in [-0.3, -0.25) is 0 Å². The zero-order chi connectivity index (χ0) is 17.8. The lowest BCUT2D eigenvalue weighted by Crippen LogP contribution is -2.34. The van der Waals surface area contributed by atoms with Crippen LogP contribution in [0.15, 0.2) is 42.5 Å². The third-order valence-corrected chi connectivity index (χ3v) is 5.42. The Morgan fingerprint density at radius 2 is 1.80 bits per heavy atom. The Balaban J connectivity index is 1.80. The number of rotatable bonds is 4. The van der Waals surface area contributed by atoms with Crippen LogP contribution in [0.3, 0.4) is 0 Å². The first-order valence-electron chi connectivity index (χ1n) is 7.78. The van der Waals surface area contributed by atoms with Gasteiger partial charge in [-0.15, -0.1) is 11.8 Å². The van der Waals surface area contributed by atoms with Crippen molar-refractivity contribution in [1.82, 2.24) is 4.90 Å². The molecular weight excluding hydrogens is 360 g/mol. The standard InChI is InChI=1S/C18H19ClN2O3S/c1-23-15-9-12(10-16(11-15)24-2)17-21(7-8-25-17)18(22)20-14-5-3-13(19)4-6-14/h3-6,9-11,17H,7-8H2,1-2H3,(H,20,22). The fourth-order valence-electron chi connectivity index (χ4n) is 2.65. The largest absolute Gasteiger partial charge is 0.497 e. The van der Waals surface area contributed by atoms with Gasteiger partial charge in [0.2, 0.25) is 0 Å². The van der Waals surface area contributed by atoms with Gasteiger partial charge in [-0.05, 0) is 42.0 Å². The van der Waals surface area contributed by atoms with Crippen LogP contribution in [-0.2, 0) is 0 Å². The summed E-state index contributed by atoms with van der Waals surface area (Å²) in [4.78, 5) is 14.5. The van der Waals surface area contributed by atoms with E-state index >= 15 is 0 Å². The maximum Gasteiger partial charge on any atom is 0.323 e. The molecule has 2 aromatic rings. The van der Waals surface area contributed by atoms with Gasteiger partial charge in [0.25, 0.3) is 0 Å². The van der Waals surface area contributed by atoms with Gasteiger partial charge >= 0.3 is 6.03 Å². The van der Waals surface area contributed by atoms with Crippen molar-refractivity contribution in [2.24, 2.45) is 0 Å². The van der Waals surface area contributed by atoms with Crippen molar-refractivity contribution in [2.75, 3.05) is 31.8 Å². The van der Waals surface area contributed by atoms with Gasteiger partial charge in [-0.25, -0.2) is 4.79 Å². The maximum absolute atomic E-state index is 12.7. The zero-order valence-electron chi connectivity index (χ0n) is 14.0. The van der Waals surface area contributed by atoms with Crippen LogP contribution in [0.2, 0.25) is 5.02 Å². The third kappa shape index (κ3) is 4.14. The Hall–Kier alpha value is -2.05. The van der Waals surface area contributed by atoms with E-state index in [2.05, 4.69) is 5.32 Å². The number of benzene rings is 2. The van der Waals surface area contributed by atoms with E-state index < -0.39 is 0 Å². The number of hydrogen-bond donors (Lipinski definition) is 1. The number of thioether (sulfide) groups is 1. The predicted molar refractivity (Wildman–Crippen MR) is 102 cm³/mol. The first-order chi connectivity index (χ1) is 12.1. The molecule has 7 heteroatoms. The topological polar surface area (TPSA) is 50.8 Å². The van der Waals surface area contributed by atoms with Crippen molar-refractivity contribution in [3.63, 3.8) is 0 Å². The molecule has 1 aliphatic heterocycles. The highest BCUT2D eigenvalue weighted by molar-refractivity contribution is 7.99. The number of halogens is 1. The van der Waals surface area contributed by atoms with Crippen LogP contribution >= 0.6 is 23.4 Å². The molecule has 2 amide bonds. The molecule has 0 spiro atoms. The molecule has 5 nitrogen and oxygen atoms in total. The summed E-state index contributed by atoms with van der Waals surface area (Å²) < 4.78 is 10.7. The van der Waals surface area contributed by atoms with Crippen LogP contribution in [-0.4, -0.2) is 37.4 Å². The van der Waals surface area contributed by atoms with Crippen molar-refractivity contribution < 1.29 is 14.3 Å². The number of ether oxygens (including phenoxy) is 2. The van der Waals surface area contributed by atoms with Crippen molar-refractivity contribution in [3.05, 3.63) is 53.1 Å². The summed E-state index contributed by atoms with van der Waals surface area (Å²) in [6, 6.07) is 12.6. The predicted octanol–water partition coefficient (Wildman–Crippen LogP) is 4.64. The van der Waals surface area contributed by atoms with Crippen LogP contribution in [0.1, 0.15) is 10.9 Å². The second-order valence-corrected chi connectivity index (χ2v) is 7.12. The maximum atomic E-state index is 12.7. The molecule has 0 saturated carbocycles. The average molecular weight is 379 g/mol. The highest BCUT2D eigenvalue weighted by Gasteiger charge is 2.31. The molecule has 1 fully saturated rings. The van der Waals surface area contributed by atoms with E-state index in [1.54, 1.807) is 50.2 Å². The number of amides is 2. The van der Waals surface area contributed by atoms with E-state index in [0.717, 1.165) is 11.3 Å². The van der Waals surface area contributed by atoms with Gasteiger partial charge in [0.15, 0.2) is 0 Å². The fourth-order valence-corrected chi connectivity index (χ4v) is 4.02. The smallest absolute Gasteiger partial charge is 0.323 e. The molecule has 1 aliphatic rings. The molecule has 0 bridgehead atoms. The summed E-state index contributed by atoms with van der Waals surface area (Å²) in [5.41, 5.74) is 1.69. The second-order valence-electron chi connectivity index (χ2n) is 5.50. The summed E-state index contributed by atoms with van der Waals surface area (Å²) >= 11 is 7.60. The molecule has 1 N–H and O–H groups in total. The normalized spacial score (nSPS) is 16.6. The van der Waals surface area contributed by atoms with Gasteiger partial charge in [0.05, 0.1) is 14.2 Å². The fraction of sp³-hybridized carbons (Fsp3) is 0.278. The summed E-state index contributed by atoms with van der Waals surface area (Å²) in [5, 5.41) is 3.47. The van der Waals surface area contributed by atoms with Gasteiger partial charge in [-0.2, -0.15) is 0 Å². The number of nitrogens with one attached hydrogen (secondary N) is 1. The molecule has 0 aromatic heterocycles. The lowest BCUT2D eigenvalue weighted by Gasteiger charge is -2.25. The first kappa shape index (κ1) is 17.8. The SMILES string of the molecule is COc1cc(OC)cc(C2SCCN2C(=O)Nc2ccc(Cl)cc2)c1. The van der Waals surface area contributed by atoms with Gasteiger partial charge in [0, 0.05) is 29.1 Å². The molecule has 1 heterocycles. The second kappa shape index (κ2) is 7.89. The Bertz CT molecular complexity index is 732. The molecule has 1 unspecified atom stereocenters. The quantitative estimate of drug-likeness (QED) is 0.842. The molecule has 1 atom stereocenters. The number of urea groups is 1. The molecule has 1 saturated heterocycles.